The summed E-state index contributed by atoms with van der Waals surface area (Å²) in [4.78, 5) is 27.5. The van der Waals surface area contributed by atoms with Gasteiger partial charge in [-0.2, -0.15) is 0 Å². The molecule has 3 heteroatoms. The maximum atomic E-state index is 12.4. The van der Waals surface area contributed by atoms with Crippen molar-refractivity contribution in [1.29, 1.82) is 0 Å². The van der Waals surface area contributed by atoms with Crippen LogP contribution in [0.15, 0.2) is 42.1 Å². The van der Waals surface area contributed by atoms with Gasteiger partial charge < -0.3 is 4.98 Å². The molecule has 1 N–H and O–H groups in total. The Morgan fingerprint density at radius 1 is 1.21 bits per heavy atom. The van der Waals surface area contributed by atoms with Gasteiger partial charge in [0.2, 0.25) is 0 Å². The van der Waals surface area contributed by atoms with E-state index in [1.807, 2.05) is 37.4 Å². The Labute approximate surface area is 111 Å². The number of ketones is 2. The molecular weight excluding hydrogens is 238 g/mol. The van der Waals surface area contributed by atoms with E-state index in [9.17, 15) is 9.59 Å². The van der Waals surface area contributed by atoms with Crippen molar-refractivity contribution in [2.45, 2.75) is 25.7 Å². The summed E-state index contributed by atoms with van der Waals surface area (Å²) in [6.45, 7) is 3.56. The Hall–Kier alpha value is -2.16. The van der Waals surface area contributed by atoms with Crippen LogP contribution in [0.1, 0.15) is 25.8 Å². The van der Waals surface area contributed by atoms with E-state index in [-0.39, 0.29) is 18.0 Å². The number of carbonyl (C=O) groups excluding carboxylic acids is 2. The van der Waals surface area contributed by atoms with Crippen LogP contribution < -0.4 is 0 Å². The highest BCUT2D eigenvalue weighted by molar-refractivity contribution is 6.14. The molecule has 96 valence electrons. The van der Waals surface area contributed by atoms with Crippen molar-refractivity contribution in [3.05, 3.63) is 47.7 Å². The van der Waals surface area contributed by atoms with Gasteiger partial charge in [0.1, 0.15) is 0 Å². The third-order valence-corrected chi connectivity index (χ3v) is 4.03. The van der Waals surface area contributed by atoms with E-state index in [1.54, 1.807) is 6.92 Å². The number of benzene rings is 1. The number of rotatable bonds is 1. The molecule has 3 rings (SSSR count). The maximum Gasteiger partial charge on any atom is 0.166 e. The van der Waals surface area contributed by atoms with Crippen molar-refractivity contribution < 1.29 is 9.59 Å². The highest BCUT2D eigenvalue weighted by atomic mass is 16.1. The fourth-order valence-corrected chi connectivity index (χ4v) is 2.74. The molecular formula is C16H15NO2. The molecule has 0 saturated carbocycles. The van der Waals surface area contributed by atoms with E-state index < -0.39 is 5.41 Å². The highest BCUT2D eigenvalue weighted by Gasteiger charge is 2.41. The van der Waals surface area contributed by atoms with Crippen molar-refractivity contribution in [1.82, 2.24) is 4.98 Å². The Balaban J connectivity index is 2.21. The topological polar surface area (TPSA) is 49.9 Å². The first kappa shape index (κ1) is 11.9. The minimum atomic E-state index is -0.754. The summed E-state index contributed by atoms with van der Waals surface area (Å²) in [5, 5.41) is 1.01. The number of nitrogens with one attached hydrogen (secondary N) is 1. The number of fused-ring (bicyclic) bond motifs is 1. The molecule has 1 unspecified atom stereocenters. The summed E-state index contributed by atoms with van der Waals surface area (Å²) in [6.07, 6.45) is 3.58. The lowest BCUT2D eigenvalue weighted by Gasteiger charge is -2.29. The quantitative estimate of drug-likeness (QED) is 0.849. The molecule has 0 aliphatic heterocycles. The van der Waals surface area contributed by atoms with E-state index in [1.165, 1.54) is 6.08 Å². The lowest BCUT2D eigenvalue weighted by Crippen LogP contribution is -2.37. The number of H-pyrrole nitrogens is 1. The van der Waals surface area contributed by atoms with E-state index in [0.717, 1.165) is 16.5 Å². The Morgan fingerprint density at radius 2 is 1.95 bits per heavy atom. The number of carbonyl (C=O) groups is 2. The van der Waals surface area contributed by atoms with Crippen LogP contribution in [-0.4, -0.2) is 16.6 Å². The average Bonchev–Trinajstić information content (AvgIpc) is 2.81. The zero-order chi connectivity index (χ0) is 13.6. The lowest BCUT2D eigenvalue weighted by atomic mass is 9.70. The van der Waals surface area contributed by atoms with E-state index >= 15 is 0 Å². The van der Waals surface area contributed by atoms with Crippen LogP contribution in [0.3, 0.4) is 0 Å². The lowest BCUT2D eigenvalue weighted by molar-refractivity contribution is -0.126. The minimum Gasteiger partial charge on any atom is -0.361 e. The molecule has 1 aliphatic rings. The van der Waals surface area contributed by atoms with Crippen molar-refractivity contribution in [2.75, 3.05) is 0 Å². The summed E-state index contributed by atoms with van der Waals surface area (Å²) >= 11 is 0. The molecule has 1 aliphatic carbocycles. The normalized spacial score (nSPS) is 23.8. The highest BCUT2D eigenvalue weighted by Crippen LogP contribution is 2.37. The molecule has 0 spiro atoms. The average molecular weight is 253 g/mol. The molecule has 2 aromatic rings. The van der Waals surface area contributed by atoms with Gasteiger partial charge in [0.25, 0.3) is 0 Å². The van der Waals surface area contributed by atoms with Gasteiger partial charge >= 0.3 is 0 Å². The largest absolute Gasteiger partial charge is 0.361 e. The van der Waals surface area contributed by atoms with Crippen molar-refractivity contribution >= 4 is 22.5 Å². The van der Waals surface area contributed by atoms with Gasteiger partial charge in [-0.15, -0.1) is 0 Å². The summed E-state index contributed by atoms with van der Waals surface area (Å²) < 4.78 is 0. The van der Waals surface area contributed by atoms with Crippen LogP contribution in [0.5, 0.6) is 0 Å². The van der Waals surface area contributed by atoms with Gasteiger partial charge in [-0.1, -0.05) is 18.2 Å². The molecule has 0 saturated heterocycles. The van der Waals surface area contributed by atoms with Gasteiger partial charge in [0, 0.05) is 23.5 Å². The number of hydrogen-bond acceptors (Lipinski definition) is 2. The molecule has 1 atom stereocenters. The Morgan fingerprint density at radius 3 is 2.74 bits per heavy atom. The molecule has 1 heterocycles. The molecule has 3 nitrogen and oxygen atoms in total. The molecule has 0 bridgehead atoms. The summed E-state index contributed by atoms with van der Waals surface area (Å²) in [5.74, 6) is 0.0572. The van der Waals surface area contributed by atoms with Gasteiger partial charge in [0.05, 0.1) is 5.41 Å². The molecule has 19 heavy (non-hydrogen) atoms. The zero-order valence-corrected chi connectivity index (χ0v) is 11.0. The van der Waals surface area contributed by atoms with Crippen molar-refractivity contribution in [3.63, 3.8) is 0 Å². The predicted octanol–water partition coefficient (Wildman–Crippen LogP) is 2.91. The molecule has 1 aromatic heterocycles. The Kier molecular flexibility index (Phi) is 2.45. The summed E-state index contributed by atoms with van der Waals surface area (Å²) in [5.41, 5.74) is 1.70. The number of hydrogen-bond donors (Lipinski definition) is 1. The summed E-state index contributed by atoms with van der Waals surface area (Å²) in [7, 11) is 0. The van der Waals surface area contributed by atoms with E-state index in [2.05, 4.69) is 4.98 Å². The van der Waals surface area contributed by atoms with Gasteiger partial charge in [0.15, 0.2) is 11.6 Å². The van der Waals surface area contributed by atoms with Crippen LogP contribution in [0.4, 0.5) is 0 Å². The minimum absolute atomic E-state index is 0.00866. The molecule has 1 aromatic carbocycles. The van der Waals surface area contributed by atoms with Crippen LogP contribution in [-0.2, 0) is 15.0 Å². The molecule has 0 fully saturated rings. The van der Waals surface area contributed by atoms with Crippen LogP contribution in [0, 0.1) is 0 Å². The van der Waals surface area contributed by atoms with Crippen molar-refractivity contribution in [2.24, 2.45) is 0 Å². The van der Waals surface area contributed by atoms with E-state index in [4.69, 9.17) is 0 Å². The second-order valence-electron chi connectivity index (χ2n) is 5.37. The standard InChI is InChI=1S/C16H15NO2/c1-10-7-15(19)16(2,8-14(10)18)12-9-17-13-6-4-3-5-11(12)13/h3-7,9,17H,8H2,1-2H3. The first-order valence-electron chi connectivity index (χ1n) is 6.35. The number of allylic oxidation sites excluding steroid dienone is 2. The number of aromatic amines is 1. The van der Waals surface area contributed by atoms with E-state index in [0.29, 0.717) is 5.57 Å². The predicted molar refractivity (Wildman–Crippen MR) is 74.0 cm³/mol. The number of para-hydroxylation sites is 1. The van der Waals surface area contributed by atoms with Crippen molar-refractivity contribution in [3.8, 4) is 0 Å². The second kappa shape index (κ2) is 3.92. The first-order chi connectivity index (χ1) is 9.02. The SMILES string of the molecule is CC1=CC(=O)C(C)(c2c[nH]c3ccccc23)CC1=O. The number of Topliss-reactive ketones (excluding diaryl/α,β-unsaturated/α-hetero) is 1. The first-order valence-corrected chi connectivity index (χ1v) is 6.35. The third kappa shape index (κ3) is 1.65. The smallest absolute Gasteiger partial charge is 0.166 e. The Bertz CT molecular complexity index is 723. The van der Waals surface area contributed by atoms with Gasteiger partial charge in [-0.05, 0) is 37.1 Å². The number of aromatic nitrogens is 1. The van der Waals surface area contributed by atoms with Crippen LogP contribution in [0.25, 0.3) is 10.9 Å². The monoisotopic (exact) mass is 253 g/mol. The third-order valence-electron chi connectivity index (χ3n) is 4.03. The van der Waals surface area contributed by atoms with Gasteiger partial charge in [-0.3, -0.25) is 9.59 Å². The van der Waals surface area contributed by atoms with Crippen LogP contribution >= 0.6 is 0 Å². The van der Waals surface area contributed by atoms with Gasteiger partial charge in [-0.25, -0.2) is 0 Å². The fourth-order valence-electron chi connectivity index (χ4n) is 2.74. The molecule has 0 amide bonds. The molecule has 0 radical (unpaired) electrons. The van der Waals surface area contributed by atoms with Crippen LogP contribution in [0.2, 0.25) is 0 Å². The maximum absolute atomic E-state index is 12.4. The fraction of sp³-hybridized carbons (Fsp3) is 0.250. The zero-order valence-electron chi connectivity index (χ0n) is 11.0. The summed E-state index contributed by atoms with van der Waals surface area (Å²) in [6, 6.07) is 7.84. The second-order valence-corrected chi connectivity index (χ2v) is 5.37.